The van der Waals surface area contributed by atoms with E-state index in [0.29, 0.717) is 40.4 Å². The largest absolute Gasteiger partial charge is 0.508 e. The number of hydrogen-bond donors (Lipinski definition) is 1. The van der Waals surface area contributed by atoms with Crippen molar-refractivity contribution in [3.63, 3.8) is 0 Å². The molecule has 0 aliphatic carbocycles. The summed E-state index contributed by atoms with van der Waals surface area (Å²) in [5.74, 6) is -0.724. The summed E-state index contributed by atoms with van der Waals surface area (Å²) in [6, 6.07) is 16.6. The number of aromatic hydroxyl groups is 1. The van der Waals surface area contributed by atoms with Gasteiger partial charge in [-0.05, 0) is 80.1 Å². The summed E-state index contributed by atoms with van der Waals surface area (Å²) in [7, 11) is 0. The molecule has 1 heterocycles. The molecule has 33 heavy (non-hydrogen) atoms. The van der Waals surface area contributed by atoms with E-state index in [0.717, 1.165) is 0 Å². The molecule has 1 aliphatic rings. The molecule has 2 atom stereocenters. The van der Waals surface area contributed by atoms with Gasteiger partial charge in [-0.25, -0.2) is 4.39 Å². The number of fused-ring (bicyclic) bond motifs is 1. The van der Waals surface area contributed by atoms with Crippen molar-refractivity contribution in [3.8, 4) is 5.75 Å². The van der Waals surface area contributed by atoms with Gasteiger partial charge in [0.2, 0.25) is 5.91 Å². The zero-order valence-electron chi connectivity index (χ0n) is 18.3. The van der Waals surface area contributed by atoms with Crippen molar-refractivity contribution < 1.29 is 19.1 Å². The maximum atomic E-state index is 13.4. The van der Waals surface area contributed by atoms with E-state index in [1.54, 1.807) is 53.1 Å². The molecule has 0 saturated heterocycles. The van der Waals surface area contributed by atoms with E-state index in [1.165, 1.54) is 30.3 Å². The number of hydrogen-bond acceptors (Lipinski definition) is 3. The highest BCUT2D eigenvalue weighted by Crippen LogP contribution is 2.44. The van der Waals surface area contributed by atoms with E-state index in [-0.39, 0.29) is 23.6 Å². The molecular weight excluding hydrogens is 443 g/mol. The lowest BCUT2D eigenvalue weighted by atomic mass is 9.89. The van der Waals surface area contributed by atoms with Gasteiger partial charge in [0.1, 0.15) is 11.6 Å². The van der Waals surface area contributed by atoms with Gasteiger partial charge in [0, 0.05) is 40.0 Å². The van der Waals surface area contributed by atoms with E-state index in [2.05, 4.69) is 0 Å². The number of rotatable bonds is 4. The average molecular weight is 467 g/mol. The van der Waals surface area contributed by atoms with Gasteiger partial charge in [-0.1, -0.05) is 18.5 Å². The van der Waals surface area contributed by atoms with Gasteiger partial charge >= 0.3 is 0 Å². The number of phenolic OH excluding ortho intramolecular Hbond substituents is 1. The molecule has 0 radical (unpaired) electrons. The Balaban J connectivity index is 1.82. The molecule has 5 nitrogen and oxygen atoms in total. The van der Waals surface area contributed by atoms with Gasteiger partial charge in [0.25, 0.3) is 5.91 Å². The predicted molar refractivity (Wildman–Crippen MR) is 127 cm³/mol. The standard InChI is InChI=1S/C26H24ClFN2O3/c1-3-25(32)30(20-10-6-18(27)7-11-20)24-14-16(2)29(23-13-12-21(31)15-22(23)24)26(33)17-4-8-19(28)9-5-17/h4-13,15-16,24,31H,3,14H2,1-2H3. The summed E-state index contributed by atoms with van der Waals surface area (Å²) in [5, 5.41) is 10.8. The number of anilines is 2. The van der Waals surface area contributed by atoms with E-state index in [9.17, 15) is 19.1 Å². The van der Waals surface area contributed by atoms with Gasteiger partial charge < -0.3 is 14.9 Å². The third kappa shape index (κ3) is 4.44. The average Bonchev–Trinajstić information content (AvgIpc) is 2.80. The van der Waals surface area contributed by atoms with Gasteiger partial charge in [-0.2, -0.15) is 0 Å². The molecule has 3 aromatic carbocycles. The Morgan fingerprint density at radius 2 is 1.76 bits per heavy atom. The van der Waals surface area contributed by atoms with Crippen LogP contribution in [0.3, 0.4) is 0 Å². The number of carbonyl (C=O) groups is 2. The summed E-state index contributed by atoms with van der Waals surface area (Å²) >= 11 is 6.06. The van der Waals surface area contributed by atoms with E-state index < -0.39 is 11.9 Å². The number of benzene rings is 3. The maximum Gasteiger partial charge on any atom is 0.258 e. The maximum absolute atomic E-state index is 13.4. The van der Waals surface area contributed by atoms with Gasteiger partial charge in [-0.15, -0.1) is 0 Å². The smallest absolute Gasteiger partial charge is 0.258 e. The van der Waals surface area contributed by atoms with Crippen molar-refractivity contribution in [2.24, 2.45) is 0 Å². The Labute approximate surface area is 197 Å². The first-order valence-corrected chi connectivity index (χ1v) is 11.2. The Hall–Kier alpha value is -3.38. The Morgan fingerprint density at radius 3 is 2.39 bits per heavy atom. The molecule has 2 amide bonds. The number of halogens is 2. The highest BCUT2D eigenvalue weighted by atomic mass is 35.5. The van der Waals surface area contributed by atoms with Gasteiger partial charge in [-0.3, -0.25) is 9.59 Å². The summed E-state index contributed by atoms with van der Waals surface area (Å²) in [6.45, 7) is 3.71. The molecular formula is C26H24ClFN2O3. The quantitative estimate of drug-likeness (QED) is 0.504. The van der Waals surface area contributed by atoms with Gasteiger partial charge in [0.05, 0.1) is 6.04 Å². The van der Waals surface area contributed by atoms with Crippen LogP contribution in [0.5, 0.6) is 5.75 Å². The third-order valence-corrected chi connectivity index (χ3v) is 6.18. The summed E-state index contributed by atoms with van der Waals surface area (Å²) in [5.41, 5.74) is 2.32. The zero-order valence-corrected chi connectivity index (χ0v) is 19.1. The Kier molecular flexibility index (Phi) is 6.38. The topological polar surface area (TPSA) is 60.9 Å². The SMILES string of the molecule is CCC(=O)N(c1ccc(Cl)cc1)C1CC(C)N(C(=O)c2ccc(F)cc2)c2ccc(O)cc21. The van der Waals surface area contributed by atoms with E-state index in [4.69, 9.17) is 11.6 Å². The first-order valence-electron chi connectivity index (χ1n) is 10.8. The predicted octanol–water partition coefficient (Wildman–Crippen LogP) is 6.11. The van der Waals surface area contributed by atoms with Crippen molar-refractivity contribution in [1.82, 2.24) is 0 Å². The minimum Gasteiger partial charge on any atom is -0.508 e. The fourth-order valence-corrected chi connectivity index (χ4v) is 4.50. The third-order valence-electron chi connectivity index (χ3n) is 5.93. The van der Waals surface area contributed by atoms with Crippen LogP contribution in [0.1, 0.15) is 48.7 Å². The van der Waals surface area contributed by atoms with Crippen molar-refractivity contribution in [2.45, 2.75) is 38.8 Å². The summed E-state index contributed by atoms with van der Waals surface area (Å²) in [6.07, 6.45) is 0.748. The molecule has 0 bridgehead atoms. The molecule has 1 N–H and O–H groups in total. The lowest BCUT2D eigenvalue weighted by Crippen LogP contribution is -2.47. The molecule has 0 aromatic heterocycles. The minimum absolute atomic E-state index is 0.0440. The van der Waals surface area contributed by atoms with Crippen LogP contribution in [-0.2, 0) is 4.79 Å². The first kappa shape index (κ1) is 22.8. The molecule has 7 heteroatoms. The lowest BCUT2D eigenvalue weighted by Gasteiger charge is -2.43. The highest BCUT2D eigenvalue weighted by Gasteiger charge is 2.38. The Bertz CT molecular complexity index is 1180. The lowest BCUT2D eigenvalue weighted by molar-refractivity contribution is -0.118. The van der Waals surface area contributed by atoms with E-state index in [1.807, 2.05) is 6.92 Å². The van der Waals surface area contributed by atoms with Crippen LogP contribution >= 0.6 is 11.6 Å². The fraction of sp³-hybridized carbons (Fsp3) is 0.231. The number of nitrogens with zero attached hydrogens (tertiary/aromatic N) is 2. The molecule has 4 rings (SSSR count). The normalized spacial score (nSPS) is 17.4. The monoisotopic (exact) mass is 466 g/mol. The molecule has 3 aromatic rings. The minimum atomic E-state index is -0.416. The summed E-state index contributed by atoms with van der Waals surface area (Å²) < 4.78 is 13.4. The second-order valence-electron chi connectivity index (χ2n) is 8.12. The van der Waals surface area contributed by atoms with Gasteiger partial charge in [0.15, 0.2) is 0 Å². The van der Waals surface area contributed by atoms with E-state index >= 15 is 0 Å². The second-order valence-corrected chi connectivity index (χ2v) is 8.56. The van der Waals surface area contributed by atoms with Crippen LogP contribution in [0.25, 0.3) is 0 Å². The zero-order chi connectivity index (χ0) is 23.7. The fourth-order valence-electron chi connectivity index (χ4n) is 4.38. The Morgan fingerprint density at radius 1 is 1.09 bits per heavy atom. The molecule has 1 aliphatic heterocycles. The van der Waals surface area contributed by atoms with Crippen LogP contribution in [0.15, 0.2) is 66.7 Å². The number of phenols is 1. The van der Waals surface area contributed by atoms with Crippen molar-refractivity contribution in [1.29, 1.82) is 0 Å². The second kappa shape index (κ2) is 9.24. The molecule has 0 spiro atoms. The van der Waals surface area contributed by atoms with Crippen LogP contribution in [0, 0.1) is 5.82 Å². The molecule has 170 valence electrons. The number of amides is 2. The van der Waals surface area contributed by atoms with Crippen molar-refractivity contribution in [3.05, 3.63) is 88.7 Å². The first-order chi connectivity index (χ1) is 15.8. The summed E-state index contributed by atoms with van der Waals surface area (Å²) in [4.78, 5) is 29.8. The molecule has 2 unspecified atom stereocenters. The van der Waals surface area contributed by atoms with Crippen molar-refractivity contribution >= 4 is 34.8 Å². The van der Waals surface area contributed by atoms with Crippen LogP contribution in [0.2, 0.25) is 5.02 Å². The van der Waals surface area contributed by atoms with Crippen molar-refractivity contribution in [2.75, 3.05) is 9.80 Å². The van der Waals surface area contributed by atoms with Crippen LogP contribution < -0.4 is 9.80 Å². The van der Waals surface area contributed by atoms with Crippen LogP contribution in [-0.4, -0.2) is 23.0 Å². The van der Waals surface area contributed by atoms with Crippen LogP contribution in [0.4, 0.5) is 15.8 Å². The highest BCUT2D eigenvalue weighted by molar-refractivity contribution is 6.30. The molecule has 0 fully saturated rings. The number of carbonyl (C=O) groups excluding carboxylic acids is 2. The molecule has 0 saturated carbocycles.